The van der Waals surface area contributed by atoms with E-state index in [1.54, 1.807) is 0 Å². The largest absolute Gasteiger partial charge is 0.491 e. The maximum atomic E-state index is 7.21. The second kappa shape index (κ2) is 24.9. The quantitative estimate of drug-likeness (QED) is 0.171. The van der Waals surface area contributed by atoms with E-state index in [0.717, 1.165) is 50.7 Å². The van der Waals surface area contributed by atoms with Crippen LogP contribution in [0.5, 0.6) is 11.5 Å². The number of pyridine rings is 2. The number of fused-ring (bicyclic) bond motifs is 2. The lowest BCUT2D eigenvalue weighted by atomic mass is 9.78. The first kappa shape index (κ1) is 56.8. The molecule has 0 saturated heterocycles. The van der Waals surface area contributed by atoms with Gasteiger partial charge in [-0.3, -0.25) is 9.97 Å². The number of hydrogen-bond acceptors (Lipinski definition) is 9. The Morgan fingerprint density at radius 2 is 0.645 bits per heavy atom. The maximum Gasteiger partial charge on any atom is 0.128 e. The van der Waals surface area contributed by atoms with Gasteiger partial charge in [-0.1, -0.05) is 138 Å². The molecule has 9 nitrogen and oxygen atoms in total. The van der Waals surface area contributed by atoms with Gasteiger partial charge in [-0.25, -0.2) is 0 Å². The van der Waals surface area contributed by atoms with Crippen LogP contribution in [0.15, 0.2) is 97.3 Å². The molecule has 10 bridgehead atoms. The average Bonchev–Trinajstić information content (AvgIpc) is 3.35. The van der Waals surface area contributed by atoms with E-state index in [9.17, 15) is 0 Å². The zero-order chi connectivity index (χ0) is 54.1. The summed E-state index contributed by atoms with van der Waals surface area (Å²) in [5.74, 6) is 1.76. The Balaban J connectivity index is 1.45. The summed E-state index contributed by atoms with van der Waals surface area (Å²) in [7, 11) is 0. The van der Waals surface area contributed by atoms with E-state index in [-0.39, 0.29) is 21.7 Å². The van der Waals surface area contributed by atoms with Crippen LogP contribution in [-0.4, -0.2) is 76.0 Å². The predicted molar refractivity (Wildman–Crippen MR) is 306 cm³/mol. The van der Waals surface area contributed by atoms with Gasteiger partial charge >= 0.3 is 0 Å². The van der Waals surface area contributed by atoms with Crippen LogP contribution in [0, 0.1) is 0 Å². The minimum atomic E-state index is -0.165. The number of aromatic nitrogens is 2. The predicted octanol–water partition coefficient (Wildman–Crippen LogP) is 13.5. The summed E-state index contributed by atoms with van der Waals surface area (Å²) in [6.45, 7) is 32.9. The fourth-order valence-electron chi connectivity index (χ4n) is 10.2. The molecular formula is C67H86N2O7. The normalized spacial score (nSPS) is 16.2. The summed E-state index contributed by atoms with van der Waals surface area (Å²) in [5.41, 5.74) is 18.3. The molecule has 2 aliphatic rings. The van der Waals surface area contributed by atoms with Gasteiger partial charge in [0.25, 0.3) is 0 Å². The molecule has 2 aliphatic heterocycles. The van der Waals surface area contributed by atoms with Crippen molar-refractivity contribution >= 4 is 0 Å². The Bertz CT molecular complexity index is 2870. The van der Waals surface area contributed by atoms with Crippen molar-refractivity contribution in [3.63, 3.8) is 0 Å². The van der Waals surface area contributed by atoms with Crippen LogP contribution in [0.1, 0.15) is 172 Å². The number of nitrogens with zero attached hydrogens (tertiary/aromatic N) is 2. The molecule has 2 aromatic heterocycles. The van der Waals surface area contributed by atoms with E-state index in [4.69, 9.17) is 43.1 Å². The Labute approximate surface area is 455 Å². The molecular weight excluding hydrogens is 945 g/mol. The first-order valence-electron chi connectivity index (χ1n) is 27.8. The Morgan fingerprint density at radius 1 is 0.342 bits per heavy atom. The monoisotopic (exact) mass is 1030 g/mol. The Hall–Kier alpha value is -5.42. The van der Waals surface area contributed by atoms with Crippen molar-refractivity contribution in [1.29, 1.82) is 0 Å². The van der Waals surface area contributed by atoms with Gasteiger partial charge in [-0.2, -0.15) is 0 Å². The van der Waals surface area contributed by atoms with E-state index >= 15 is 0 Å². The molecule has 0 radical (unpaired) electrons. The molecule has 9 heteroatoms. The van der Waals surface area contributed by atoms with Crippen molar-refractivity contribution < 1.29 is 33.2 Å². The second-order valence-corrected chi connectivity index (χ2v) is 25.0. The topological polar surface area (TPSA) is 90.4 Å². The molecule has 6 aromatic rings. The summed E-state index contributed by atoms with van der Waals surface area (Å²) >= 11 is 0. The Morgan fingerprint density at radius 3 is 1.00 bits per heavy atom. The SMILES string of the molecule is CC(C)(C)c1cc2c(Cc3ccccn3)c(c1)Cc1cc(C(C)(C)C)cc3c1OCCOCCOCCOCCOCCOc1c(cc(C(C)(C)C)cc1Cc1cc(C(C)(C)C)cc(c1Cc1ccccn1)C3)COC2. The summed E-state index contributed by atoms with van der Waals surface area (Å²) in [5, 5.41) is 0. The molecule has 0 N–H and O–H groups in total. The summed E-state index contributed by atoms with van der Waals surface area (Å²) in [6, 6.07) is 31.7. The lowest BCUT2D eigenvalue weighted by Crippen LogP contribution is -2.19. The third-order valence-electron chi connectivity index (χ3n) is 14.7. The third-order valence-corrected chi connectivity index (χ3v) is 14.7. The molecule has 406 valence electrons. The second-order valence-electron chi connectivity index (χ2n) is 25.0. The maximum absolute atomic E-state index is 7.21. The highest BCUT2D eigenvalue weighted by atomic mass is 16.6. The minimum absolute atomic E-state index is 0.146. The number of ether oxygens (including phenoxy) is 7. The number of hydrogen-bond donors (Lipinski definition) is 0. The van der Waals surface area contributed by atoms with E-state index in [1.165, 1.54) is 50.1 Å². The van der Waals surface area contributed by atoms with Crippen LogP contribution in [-0.2, 0) is 90.7 Å². The lowest BCUT2D eigenvalue weighted by Gasteiger charge is -2.29. The van der Waals surface area contributed by atoms with Crippen molar-refractivity contribution in [3.8, 4) is 11.5 Å². The minimum Gasteiger partial charge on any atom is -0.491 e. The number of benzene rings is 4. The van der Waals surface area contributed by atoms with E-state index < -0.39 is 0 Å². The van der Waals surface area contributed by atoms with Gasteiger partial charge in [0.2, 0.25) is 0 Å². The molecule has 76 heavy (non-hydrogen) atoms. The van der Waals surface area contributed by atoms with Gasteiger partial charge in [0.1, 0.15) is 24.7 Å². The van der Waals surface area contributed by atoms with E-state index in [1.807, 2.05) is 24.5 Å². The molecule has 0 atom stereocenters. The van der Waals surface area contributed by atoms with Crippen molar-refractivity contribution in [2.45, 2.75) is 150 Å². The van der Waals surface area contributed by atoms with Gasteiger partial charge < -0.3 is 33.2 Å². The zero-order valence-electron chi connectivity index (χ0n) is 48.0. The zero-order valence-corrected chi connectivity index (χ0v) is 48.0. The summed E-state index contributed by atoms with van der Waals surface area (Å²) < 4.78 is 45.5. The molecule has 0 amide bonds. The van der Waals surface area contributed by atoms with Gasteiger partial charge in [0.05, 0.1) is 66.1 Å². The van der Waals surface area contributed by atoms with Crippen LogP contribution < -0.4 is 9.47 Å². The van der Waals surface area contributed by atoms with Crippen molar-refractivity contribution in [2.24, 2.45) is 0 Å². The first-order chi connectivity index (χ1) is 36.2. The molecule has 8 rings (SSSR count). The fraction of sp³-hybridized carbons (Fsp3) is 0.493. The van der Waals surface area contributed by atoms with Gasteiger partial charge in [-0.05, 0) is 124 Å². The lowest BCUT2D eigenvalue weighted by molar-refractivity contribution is -0.00712. The molecule has 0 unspecified atom stereocenters. The number of rotatable bonds is 4. The van der Waals surface area contributed by atoms with Crippen LogP contribution in [0.3, 0.4) is 0 Å². The van der Waals surface area contributed by atoms with Crippen LogP contribution in [0.25, 0.3) is 0 Å². The smallest absolute Gasteiger partial charge is 0.128 e. The molecule has 4 aromatic carbocycles. The summed E-state index contributed by atoms with van der Waals surface area (Å²) in [6.07, 6.45) is 7.06. The molecule has 0 spiro atoms. The molecule has 4 heterocycles. The average molecular weight is 1030 g/mol. The van der Waals surface area contributed by atoms with Crippen molar-refractivity contribution in [3.05, 3.63) is 187 Å². The summed E-state index contributed by atoms with van der Waals surface area (Å²) in [4.78, 5) is 9.88. The Kier molecular flexibility index (Phi) is 18.6. The molecule has 0 saturated carbocycles. The van der Waals surface area contributed by atoms with Crippen LogP contribution in [0.4, 0.5) is 0 Å². The highest BCUT2D eigenvalue weighted by molar-refractivity contribution is 5.57. The fourth-order valence-corrected chi connectivity index (χ4v) is 10.2. The molecule has 0 aliphatic carbocycles. The standard InChI is InChI=1S/C67H86N2O7/c1-64(2,3)54-34-46-31-49-37-56(66(7,8)9)38-50-33-48-36-55(65(4,5)6)40-52(61(48)43-59-18-14-16-20-69-59)44-74-45-53-41-57(67(10,11)12)39-51(32-47(35-54)60(46)42-58-17-13-15-19-68-58)63(53)76-30-28-73-26-24-71-22-21-70-23-25-72-27-29-75-62(49)50/h13-20,34-41H,21-33,42-45H2,1-12H3. The third kappa shape index (κ3) is 15.2. The van der Waals surface area contributed by atoms with Crippen LogP contribution >= 0.6 is 0 Å². The van der Waals surface area contributed by atoms with Crippen molar-refractivity contribution in [2.75, 3.05) is 66.1 Å². The van der Waals surface area contributed by atoms with Crippen LogP contribution in [0.2, 0.25) is 0 Å². The first-order valence-corrected chi connectivity index (χ1v) is 27.8. The van der Waals surface area contributed by atoms with Gasteiger partial charge in [0.15, 0.2) is 0 Å². The van der Waals surface area contributed by atoms with Gasteiger partial charge in [0, 0.05) is 61.4 Å². The highest BCUT2D eigenvalue weighted by Crippen LogP contribution is 2.41. The van der Waals surface area contributed by atoms with E-state index in [0.29, 0.717) is 111 Å². The molecule has 0 fully saturated rings. The highest BCUT2D eigenvalue weighted by Gasteiger charge is 2.28. The van der Waals surface area contributed by atoms with Gasteiger partial charge in [-0.15, -0.1) is 0 Å². The van der Waals surface area contributed by atoms with Crippen molar-refractivity contribution in [1.82, 2.24) is 9.97 Å². The van der Waals surface area contributed by atoms with E-state index in [2.05, 4.69) is 156 Å².